The van der Waals surface area contributed by atoms with Crippen LogP contribution in [-0.4, -0.2) is 55.5 Å². The lowest BCUT2D eigenvalue weighted by Crippen LogP contribution is -2.38. The highest BCUT2D eigenvalue weighted by Gasteiger charge is 2.17. The van der Waals surface area contributed by atoms with Crippen LogP contribution in [0.3, 0.4) is 0 Å². The van der Waals surface area contributed by atoms with Gasteiger partial charge in [-0.25, -0.2) is 18.7 Å². The molecule has 1 fully saturated rings. The Morgan fingerprint density at radius 2 is 1.67 bits per heavy atom. The van der Waals surface area contributed by atoms with Crippen LogP contribution in [0.25, 0.3) is 28.2 Å². The summed E-state index contributed by atoms with van der Waals surface area (Å²) in [5.74, 6) is 0.551. The third-order valence-electron chi connectivity index (χ3n) is 6.40. The Balaban J connectivity index is 1.36. The molecule has 1 aliphatic heterocycles. The monoisotopic (exact) mass is 490 g/mol. The van der Waals surface area contributed by atoms with Gasteiger partial charge in [-0.05, 0) is 80.9 Å². The van der Waals surface area contributed by atoms with Crippen LogP contribution < -0.4 is 16.0 Å². The van der Waals surface area contributed by atoms with Crippen molar-refractivity contribution < 1.29 is 9.13 Å². The van der Waals surface area contributed by atoms with Gasteiger partial charge in [0.15, 0.2) is 17.0 Å². The highest BCUT2D eigenvalue weighted by atomic mass is 19.1. The molecule has 0 spiro atoms. The zero-order valence-electron chi connectivity index (χ0n) is 20.1. The highest BCUT2D eigenvalue weighted by molar-refractivity contribution is 5.73. The number of aromatic nitrogens is 5. The molecule has 0 radical (unpaired) electrons. The van der Waals surface area contributed by atoms with Gasteiger partial charge < -0.3 is 9.64 Å². The van der Waals surface area contributed by atoms with Gasteiger partial charge in [-0.2, -0.15) is 0 Å². The number of nitrogens with zero attached hydrogens (tertiary/aromatic N) is 6. The normalized spacial score (nSPS) is 14.3. The second-order valence-corrected chi connectivity index (χ2v) is 8.89. The first-order valence-electron chi connectivity index (χ1n) is 12.1. The third-order valence-corrected chi connectivity index (χ3v) is 6.40. The Morgan fingerprint density at radius 1 is 0.944 bits per heavy atom. The summed E-state index contributed by atoms with van der Waals surface area (Å²) in [6.45, 7) is 4.04. The largest absolute Gasteiger partial charge is 0.494 e. The third kappa shape index (κ3) is 4.90. The van der Waals surface area contributed by atoms with Crippen LogP contribution in [0.2, 0.25) is 0 Å². The van der Waals surface area contributed by atoms with E-state index in [4.69, 9.17) is 4.74 Å². The van der Waals surface area contributed by atoms with E-state index in [1.165, 1.54) is 68.2 Å². The number of benzene rings is 2. The fourth-order valence-corrected chi connectivity index (χ4v) is 4.41. The van der Waals surface area contributed by atoms with E-state index in [1.807, 2.05) is 24.3 Å². The summed E-state index contributed by atoms with van der Waals surface area (Å²) in [7, 11) is 1.36. The molecule has 0 saturated carbocycles. The quantitative estimate of drug-likeness (QED) is 0.368. The van der Waals surface area contributed by atoms with Gasteiger partial charge in [0.2, 0.25) is 0 Å². The van der Waals surface area contributed by atoms with Crippen molar-refractivity contribution in [2.75, 3.05) is 26.2 Å². The summed E-state index contributed by atoms with van der Waals surface area (Å²) < 4.78 is 21.4. The maximum absolute atomic E-state index is 13.4. The molecule has 5 rings (SSSR count). The lowest BCUT2D eigenvalue weighted by Gasteiger charge is -2.26. The van der Waals surface area contributed by atoms with Gasteiger partial charge in [-0.1, -0.05) is 6.42 Å². The molecule has 2 aromatic heterocycles. The summed E-state index contributed by atoms with van der Waals surface area (Å²) in [5.41, 5.74) is -0.196. The van der Waals surface area contributed by atoms with Crippen LogP contribution >= 0.6 is 0 Å². The molecular formula is C26H27FN6O3. The molecule has 4 aromatic rings. The number of likely N-dealkylation sites (tertiary alicyclic amines) is 1. The Bertz CT molecular complexity index is 1480. The fraction of sp³-hybridized carbons (Fsp3) is 0.346. The van der Waals surface area contributed by atoms with Gasteiger partial charge in [0.25, 0.3) is 5.56 Å². The van der Waals surface area contributed by atoms with Crippen LogP contribution in [0.5, 0.6) is 5.75 Å². The van der Waals surface area contributed by atoms with Crippen molar-refractivity contribution in [2.45, 2.75) is 25.7 Å². The maximum atomic E-state index is 13.4. The van der Waals surface area contributed by atoms with Crippen molar-refractivity contribution in [1.82, 2.24) is 29.2 Å². The lowest BCUT2D eigenvalue weighted by molar-refractivity contribution is 0.205. The molecule has 0 atom stereocenters. The number of piperidine rings is 1. The smallest absolute Gasteiger partial charge is 0.337 e. The molecule has 1 aliphatic rings. The van der Waals surface area contributed by atoms with E-state index in [0.29, 0.717) is 17.9 Å². The zero-order chi connectivity index (χ0) is 25.1. The SMILES string of the molecule is Cn1c(=O)c2nc(-c3ccc(OCCCN4CCCCC4)cc3)nnc2n(-c2ccc(F)cc2)c1=O. The summed E-state index contributed by atoms with van der Waals surface area (Å²) in [4.78, 5) is 32.5. The second kappa shape index (κ2) is 10.4. The Labute approximate surface area is 206 Å². The Kier molecular flexibility index (Phi) is 6.86. The molecular weight excluding hydrogens is 463 g/mol. The summed E-state index contributed by atoms with van der Waals surface area (Å²) in [5, 5.41) is 8.31. The van der Waals surface area contributed by atoms with E-state index >= 15 is 0 Å². The van der Waals surface area contributed by atoms with Gasteiger partial charge in [0.1, 0.15) is 11.6 Å². The summed E-state index contributed by atoms with van der Waals surface area (Å²) in [6.07, 6.45) is 4.87. The molecule has 186 valence electrons. The Morgan fingerprint density at radius 3 is 2.39 bits per heavy atom. The van der Waals surface area contributed by atoms with Crippen LogP contribution in [-0.2, 0) is 7.05 Å². The van der Waals surface area contributed by atoms with Crippen molar-refractivity contribution >= 4 is 11.2 Å². The van der Waals surface area contributed by atoms with Crippen molar-refractivity contribution in [3.8, 4) is 22.8 Å². The number of fused-ring (bicyclic) bond motifs is 1. The first-order valence-corrected chi connectivity index (χ1v) is 12.1. The highest BCUT2D eigenvalue weighted by Crippen LogP contribution is 2.20. The molecule has 0 aliphatic carbocycles. The van der Waals surface area contributed by atoms with Crippen LogP contribution in [0.1, 0.15) is 25.7 Å². The van der Waals surface area contributed by atoms with Crippen LogP contribution in [0.4, 0.5) is 4.39 Å². The number of hydrogen-bond acceptors (Lipinski definition) is 7. The number of halogens is 1. The number of ether oxygens (including phenoxy) is 1. The molecule has 0 amide bonds. The molecule has 9 nitrogen and oxygen atoms in total. The van der Waals surface area contributed by atoms with Gasteiger partial charge in [-0.15, -0.1) is 10.2 Å². The van der Waals surface area contributed by atoms with E-state index in [-0.39, 0.29) is 17.0 Å². The van der Waals surface area contributed by atoms with E-state index in [1.54, 1.807) is 0 Å². The topological polar surface area (TPSA) is 95.1 Å². The molecule has 36 heavy (non-hydrogen) atoms. The average molecular weight is 491 g/mol. The molecule has 10 heteroatoms. The van der Waals surface area contributed by atoms with Crippen LogP contribution in [0, 0.1) is 5.82 Å². The Hall–Kier alpha value is -3.92. The molecule has 0 unspecified atom stereocenters. The number of hydrogen-bond donors (Lipinski definition) is 0. The van der Waals surface area contributed by atoms with Gasteiger partial charge >= 0.3 is 5.69 Å². The standard InChI is InChI=1S/C26H27FN6O3/c1-31-25(34)22-24(33(26(31)35)20-10-8-19(27)9-11-20)30-29-23(28-22)18-6-12-21(13-7-18)36-17-5-16-32-14-3-2-4-15-32/h6-13H,2-5,14-17H2,1H3. The molecule has 0 bridgehead atoms. The van der Waals surface area contributed by atoms with E-state index in [2.05, 4.69) is 20.1 Å². The van der Waals surface area contributed by atoms with Crippen molar-refractivity contribution in [2.24, 2.45) is 7.05 Å². The van der Waals surface area contributed by atoms with Gasteiger partial charge in [0.05, 0.1) is 12.3 Å². The molecule has 2 aromatic carbocycles. The van der Waals surface area contributed by atoms with E-state index in [9.17, 15) is 14.0 Å². The molecule has 0 N–H and O–H groups in total. The van der Waals surface area contributed by atoms with E-state index in [0.717, 1.165) is 23.3 Å². The summed E-state index contributed by atoms with van der Waals surface area (Å²) in [6, 6.07) is 12.6. The van der Waals surface area contributed by atoms with Gasteiger partial charge in [-0.3, -0.25) is 9.36 Å². The minimum atomic E-state index is -0.621. The first kappa shape index (κ1) is 23.8. The predicted octanol–water partition coefficient (Wildman–Crippen LogP) is 2.94. The lowest BCUT2D eigenvalue weighted by atomic mass is 10.1. The molecule has 3 heterocycles. The first-order chi connectivity index (χ1) is 17.5. The van der Waals surface area contributed by atoms with Gasteiger partial charge in [0, 0.05) is 19.2 Å². The predicted molar refractivity (Wildman–Crippen MR) is 134 cm³/mol. The van der Waals surface area contributed by atoms with E-state index < -0.39 is 17.1 Å². The van der Waals surface area contributed by atoms with Crippen molar-refractivity contribution in [3.05, 3.63) is 75.2 Å². The van der Waals surface area contributed by atoms with Crippen LogP contribution in [0.15, 0.2) is 58.1 Å². The minimum Gasteiger partial charge on any atom is -0.494 e. The van der Waals surface area contributed by atoms with Crippen molar-refractivity contribution in [3.63, 3.8) is 0 Å². The second-order valence-electron chi connectivity index (χ2n) is 8.89. The average Bonchev–Trinajstić information content (AvgIpc) is 2.92. The minimum absolute atomic E-state index is 0.00659. The zero-order valence-corrected chi connectivity index (χ0v) is 20.1. The van der Waals surface area contributed by atoms with Crippen molar-refractivity contribution in [1.29, 1.82) is 0 Å². The fourth-order valence-electron chi connectivity index (χ4n) is 4.41. The number of rotatable bonds is 7. The maximum Gasteiger partial charge on any atom is 0.337 e. The molecule has 1 saturated heterocycles. The summed E-state index contributed by atoms with van der Waals surface area (Å²) >= 11 is 0.